The van der Waals surface area contributed by atoms with Crippen molar-refractivity contribution in [1.29, 1.82) is 0 Å². The molecule has 0 bridgehead atoms. The first-order chi connectivity index (χ1) is 9.90. The highest BCUT2D eigenvalue weighted by molar-refractivity contribution is 7.89. The fourth-order valence-electron chi connectivity index (χ4n) is 1.80. The first-order valence-corrected chi connectivity index (χ1v) is 8.42. The average molecular weight is 345 g/mol. The molecule has 0 atom stereocenters. The minimum atomic E-state index is -3.72. The number of hydrogen-bond donors (Lipinski definition) is 2. The van der Waals surface area contributed by atoms with Gasteiger partial charge in [0.05, 0.1) is 15.7 Å². The molecule has 0 aliphatic carbocycles. The van der Waals surface area contributed by atoms with Gasteiger partial charge in [-0.25, -0.2) is 13.1 Å². The van der Waals surface area contributed by atoms with E-state index in [2.05, 4.69) is 4.72 Å². The molecule has 0 aliphatic rings. The van der Waals surface area contributed by atoms with Gasteiger partial charge in [0.1, 0.15) is 4.90 Å². The van der Waals surface area contributed by atoms with Gasteiger partial charge in [0, 0.05) is 6.54 Å². The number of rotatable bonds is 5. The molecule has 3 N–H and O–H groups in total. The molecular formula is C14H14Cl2N2O2S. The molecule has 0 saturated carbocycles. The van der Waals surface area contributed by atoms with Crippen LogP contribution >= 0.6 is 23.2 Å². The number of nitrogens with one attached hydrogen (secondary N) is 1. The van der Waals surface area contributed by atoms with Gasteiger partial charge in [0.25, 0.3) is 0 Å². The summed E-state index contributed by atoms with van der Waals surface area (Å²) in [6.45, 7) is 0.269. The van der Waals surface area contributed by atoms with Crippen molar-refractivity contribution in [3.63, 3.8) is 0 Å². The van der Waals surface area contributed by atoms with Crippen molar-refractivity contribution in [1.82, 2.24) is 4.72 Å². The highest BCUT2D eigenvalue weighted by Gasteiger charge is 2.19. The number of halogens is 2. The van der Waals surface area contributed by atoms with E-state index < -0.39 is 10.0 Å². The second-order valence-corrected chi connectivity index (χ2v) is 6.99. The number of hydrogen-bond acceptors (Lipinski definition) is 3. The Labute approximate surface area is 133 Å². The van der Waals surface area contributed by atoms with Crippen LogP contribution in [0.25, 0.3) is 0 Å². The number of anilines is 1. The van der Waals surface area contributed by atoms with E-state index in [0.717, 1.165) is 5.56 Å². The van der Waals surface area contributed by atoms with Crippen LogP contribution in [0.2, 0.25) is 10.0 Å². The maximum absolute atomic E-state index is 12.2. The van der Waals surface area contributed by atoms with E-state index in [9.17, 15) is 8.42 Å². The fourth-order valence-corrected chi connectivity index (χ4v) is 3.62. The number of benzene rings is 2. The summed E-state index contributed by atoms with van der Waals surface area (Å²) in [6.07, 6.45) is 0.584. The van der Waals surface area contributed by atoms with E-state index in [0.29, 0.717) is 6.42 Å². The molecule has 4 nitrogen and oxygen atoms in total. The van der Waals surface area contributed by atoms with Crippen molar-refractivity contribution in [3.05, 3.63) is 58.1 Å². The van der Waals surface area contributed by atoms with Gasteiger partial charge in [0.2, 0.25) is 10.0 Å². The molecule has 21 heavy (non-hydrogen) atoms. The van der Waals surface area contributed by atoms with Crippen LogP contribution in [0.3, 0.4) is 0 Å². The Morgan fingerprint density at radius 3 is 2.38 bits per heavy atom. The Balaban J connectivity index is 2.10. The zero-order valence-corrected chi connectivity index (χ0v) is 13.3. The Hall–Kier alpha value is -1.27. The predicted molar refractivity (Wildman–Crippen MR) is 86.2 cm³/mol. The molecule has 112 valence electrons. The third-order valence-electron chi connectivity index (χ3n) is 2.89. The van der Waals surface area contributed by atoms with Crippen LogP contribution in [0.5, 0.6) is 0 Å². The maximum Gasteiger partial charge on any atom is 0.242 e. The molecule has 2 rings (SSSR count). The lowest BCUT2D eigenvalue weighted by atomic mass is 10.2. The summed E-state index contributed by atoms with van der Waals surface area (Å²) < 4.78 is 26.9. The smallest absolute Gasteiger partial charge is 0.242 e. The fraction of sp³-hybridized carbons (Fsp3) is 0.143. The van der Waals surface area contributed by atoms with Gasteiger partial charge in [-0.2, -0.15) is 0 Å². The van der Waals surface area contributed by atoms with Crippen LogP contribution in [-0.2, 0) is 16.4 Å². The second-order valence-electron chi connectivity index (χ2n) is 4.44. The monoisotopic (exact) mass is 344 g/mol. The van der Waals surface area contributed by atoms with Crippen molar-refractivity contribution in [2.24, 2.45) is 0 Å². The minimum Gasteiger partial charge on any atom is -0.397 e. The Morgan fingerprint density at radius 1 is 1.05 bits per heavy atom. The van der Waals surface area contributed by atoms with E-state index >= 15 is 0 Å². The molecule has 0 aromatic heterocycles. The van der Waals surface area contributed by atoms with Crippen molar-refractivity contribution in [2.45, 2.75) is 11.3 Å². The van der Waals surface area contributed by atoms with Crippen LogP contribution < -0.4 is 10.5 Å². The van der Waals surface area contributed by atoms with Crippen LogP contribution in [0.4, 0.5) is 5.69 Å². The van der Waals surface area contributed by atoms with Crippen LogP contribution in [0.1, 0.15) is 5.56 Å². The summed E-state index contributed by atoms with van der Waals surface area (Å²) in [5.74, 6) is 0. The molecule has 0 heterocycles. The third kappa shape index (κ3) is 4.11. The normalized spacial score (nSPS) is 11.5. The lowest BCUT2D eigenvalue weighted by Crippen LogP contribution is -2.26. The van der Waals surface area contributed by atoms with Crippen LogP contribution in [0.15, 0.2) is 47.4 Å². The largest absolute Gasteiger partial charge is 0.397 e. The summed E-state index contributed by atoms with van der Waals surface area (Å²) in [5, 5.41) is 0.201. The molecular weight excluding hydrogens is 331 g/mol. The summed E-state index contributed by atoms with van der Waals surface area (Å²) in [6, 6.07) is 12.2. The molecule has 0 spiro atoms. The Kier molecular flexibility index (Phi) is 5.11. The summed E-state index contributed by atoms with van der Waals surface area (Å²) in [5.41, 5.74) is 6.86. The third-order valence-corrected chi connectivity index (χ3v) is 5.14. The predicted octanol–water partition coefficient (Wildman–Crippen LogP) is 3.10. The Morgan fingerprint density at radius 2 is 1.71 bits per heavy atom. The lowest BCUT2D eigenvalue weighted by Gasteiger charge is -2.10. The van der Waals surface area contributed by atoms with Gasteiger partial charge in [-0.05, 0) is 24.1 Å². The highest BCUT2D eigenvalue weighted by Crippen LogP contribution is 2.29. The summed E-state index contributed by atoms with van der Waals surface area (Å²) in [7, 11) is -3.72. The van der Waals surface area contributed by atoms with Gasteiger partial charge >= 0.3 is 0 Å². The molecule has 0 saturated heterocycles. The van der Waals surface area contributed by atoms with E-state index in [4.69, 9.17) is 28.9 Å². The molecule has 0 unspecified atom stereocenters. The van der Waals surface area contributed by atoms with Gasteiger partial charge < -0.3 is 5.73 Å². The molecule has 2 aromatic rings. The minimum absolute atomic E-state index is 0.0455. The van der Waals surface area contributed by atoms with Crippen molar-refractivity contribution in [2.75, 3.05) is 12.3 Å². The van der Waals surface area contributed by atoms with Crippen LogP contribution in [0, 0.1) is 0 Å². The van der Waals surface area contributed by atoms with E-state index in [1.165, 1.54) is 12.1 Å². The number of nitrogen functional groups attached to an aromatic ring is 1. The molecule has 0 radical (unpaired) electrons. The summed E-state index contributed by atoms with van der Waals surface area (Å²) >= 11 is 11.8. The second kappa shape index (κ2) is 6.66. The first-order valence-electron chi connectivity index (χ1n) is 6.18. The lowest BCUT2D eigenvalue weighted by molar-refractivity contribution is 0.581. The summed E-state index contributed by atoms with van der Waals surface area (Å²) in [4.78, 5) is -0.0728. The molecule has 7 heteroatoms. The molecule has 0 amide bonds. The van der Waals surface area contributed by atoms with Gasteiger partial charge in [-0.15, -0.1) is 0 Å². The SMILES string of the molecule is Nc1cc(Cl)c(S(=O)(=O)NCCc2ccccc2)cc1Cl. The Bertz CT molecular complexity index is 734. The molecule has 2 aromatic carbocycles. The highest BCUT2D eigenvalue weighted by atomic mass is 35.5. The topological polar surface area (TPSA) is 72.2 Å². The van der Waals surface area contributed by atoms with Crippen molar-refractivity contribution >= 4 is 38.9 Å². The van der Waals surface area contributed by atoms with Crippen molar-refractivity contribution < 1.29 is 8.42 Å². The zero-order chi connectivity index (χ0) is 15.5. The van der Waals surface area contributed by atoms with Crippen LogP contribution in [-0.4, -0.2) is 15.0 Å². The average Bonchev–Trinajstić information content (AvgIpc) is 2.43. The van der Waals surface area contributed by atoms with Gasteiger partial charge in [0.15, 0.2) is 0 Å². The molecule has 0 fully saturated rings. The standard InChI is InChI=1S/C14H14Cl2N2O2S/c15-11-9-14(12(16)8-13(11)17)21(19,20)18-7-6-10-4-2-1-3-5-10/h1-5,8-9,18H,6-7,17H2. The van der Waals surface area contributed by atoms with E-state index in [-0.39, 0.29) is 27.2 Å². The van der Waals surface area contributed by atoms with E-state index in [1.807, 2.05) is 30.3 Å². The van der Waals surface area contributed by atoms with Crippen molar-refractivity contribution in [3.8, 4) is 0 Å². The number of sulfonamides is 1. The van der Waals surface area contributed by atoms with Gasteiger partial charge in [-0.3, -0.25) is 0 Å². The number of nitrogens with two attached hydrogens (primary N) is 1. The molecule has 0 aliphatic heterocycles. The van der Waals surface area contributed by atoms with E-state index in [1.54, 1.807) is 0 Å². The quantitative estimate of drug-likeness (QED) is 0.818. The maximum atomic E-state index is 12.2. The van der Waals surface area contributed by atoms with Gasteiger partial charge in [-0.1, -0.05) is 53.5 Å². The first kappa shape index (κ1) is 16.1. The zero-order valence-electron chi connectivity index (χ0n) is 11.0.